The predicted octanol–water partition coefficient (Wildman–Crippen LogP) is 1.96. The molecule has 6 nitrogen and oxygen atoms in total. The molecule has 2 aromatic rings. The zero-order chi connectivity index (χ0) is 17.0. The van der Waals surface area contributed by atoms with Crippen molar-refractivity contribution in [2.75, 3.05) is 27.8 Å². The summed E-state index contributed by atoms with van der Waals surface area (Å²) in [5, 5.41) is 0. The lowest BCUT2D eigenvalue weighted by Gasteiger charge is -2.15. The van der Waals surface area contributed by atoms with Crippen molar-refractivity contribution in [2.45, 2.75) is 6.92 Å². The smallest absolute Gasteiger partial charge is 0.355 e. The van der Waals surface area contributed by atoms with Crippen LogP contribution >= 0.6 is 0 Å². The molecule has 0 fully saturated rings. The zero-order valence-corrected chi connectivity index (χ0v) is 13.5. The van der Waals surface area contributed by atoms with E-state index in [4.69, 9.17) is 9.47 Å². The minimum absolute atomic E-state index is 0.127. The molecule has 0 aliphatic carbocycles. The van der Waals surface area contributed by atoms with Crippen LogP contribution in [0.15, 0.2) is 24.3 Å². The summed E-state index contributed by atoms with van der Waals surface area (Å²) in [5.41, 5.74) is 0.960. The SMILES string of the molecule is CCOC(=O)c1[c][c]c(C(=O)N(C)C)n1-c1ccc(OC)cc1. The highest BCUT2D eigenvalue weighted by atomic mass is 16.5. The van der Waals surface area contributed by atoms with E-state index in [2.05, 4.69) is 12.1 Å². The van der Waals surface area contributed by atoms with Crippen LogP contribution in [0.2, 0.25) is 0 Å². The molecule has 0 saturated carbocycles. The van der Waals surface area contributed by atoms with Crippen molar-refractivity contribution in [3.63, 3.8) is 0 Å². The number of carbonyl (C=O) groups is 2. The first kappa shape index (κ1) is 16.6. The van der Waals surface area contributed by atoms with Gasteiger partial charge in [0.25, 0.3) is 5.91 Å². The summed E-state index contributed by atoms with van der Waals surface area (Å²) in [7, 11) is 4.83. The molecule has 0 saturated heterocycles. The molecule has 0 aliphatic heterocycles. The fourth-order valence-electron chi connectivity index (χ4n) is 2.03. The highest BCUT2D eigenvalue weighted by molar-refractivity contribution is 5.96. The van der Waals surface area contributed by atoms with Gasteiger partial charge in [-0.3, -0.25) is 9.36 Å². The van der Waals surface area contributed by atoms with Crippen molar-refractivity contribution in [2.24, 2.45) is 0 Å². The molecule has 23 heavy (non-hydrogen) atoms. The van der Waals surface area contributed by atoms with Crippen molar-refractivity contribution in [1.29, 1.82) is 0 Å². The highest BCUT2D eigenvalue weighted by Gasteiger charge is 2.23. The number of carbonyl (C=O) groups excluding carboxylic acids is 2. The Kier molecular flexibility index (Phi) is 5.05. The molecule has 2 rings (SSSR count). The molecule has 1 heterocycles. The van der Waals surface area contributed by atoms with Crippen molar-refractivity contribution in [3.05, 3.63) is 47.8 Å². The quantitative estimate of drug-likeness (QED) is 0.792. The van der Waals surface area contributed by atoms with Gasteiger partial charge in [-0.2, -0.15) is 0 Å². The van der Waals surface area contributed by atoms with Gasteiger partial charge in [0.1, 0.15) is 17.1 Å². The number of rotatable bonds is 5. The molecule has 0 spiro atoms. The standard InChI is InChI=1S/C17H18N2O4/c1-5-23-17(21)15-11-10-14(16(20)18(2)3)19(15)12-6-8-13(22-4)9-7-12/h6-9H,5H2,1-4H3. The lowest BCUT2D eigenvalue weighted by molar-refractivity contribution is 0.0516. The molecular weight excluding hydrogens is 296 g/mol. The molecule has 0 aliphatic rings. The lowest BCUT2D eigenvalue weighted by atomic mass is 10.2. The van der Waals surface area contributed by atoms with Crippen LogP contribution in [0.1, 0.15) is 27.9 Å². The maximum Gasteiger partial charge on any atom is 0.355 e. The number of aromatic nitrogens is 1. The van der Waals surface area contributed by atoms with Gasteiger partial charge in [-0.25, -0.2) is 4.79 Å². The number of esters is 1. The average Bonchev–Trinajstić information content (AvgIpc) is 2.99. The van der Waals surface area contributed by atoms with Gasteiger partial charge in [0.05, 0.1) is 13.7 Å². The summed E-state index contributed by atoms with van der Waals surface area (Å²) in [6, 6.07) is 12.4. The van der Waals surface area contributed by atoms with Crippen LogP contribution in [0.4, 0.5) is 0 Å². The summed E-state index contributed by atoms with van der Waals surface area (Å²) in [4.78, 5) is 25.9. The Hall–Kier alpha value is -2.76. The maximum absolute atomic E-state index is 12.3. The number of methoxy groups -OCH3 is 1. The van der Waals surface area contributed by atoms with Gasteiger partial charge in [0.15, 0.2) is 0 Å². The molecule has 120 valence electrons. The van der Waals surface area contributed by atoms with Gasteiger partial charge in [-0.15, -0.1) is 0 Å². The molecule has 0 atom stereocenters. The van der Waals surface area contributed by atoms with Gasteiger partial charge in [0, 0.05) is 31.9 Å². The second kappa shape index (κ2) is 7.00. The number of nitrogens with zero attached hydrogens (tertiary/aromatic N) is 2. The molecule has 1 aromatic heterocycles. The zero-order valence-electron chi connectivity index (χ0n) is 13.5. The second-order valence-corrected chi connectivity index (χ2v) is 4.90. The van der Waals surface area contributed by atoms with Gasteiger partial charge in [-0.1, -0.05) is 0 Å². The molecule has 0 bridgehead atoms. The molecule has 1 aromatic carbocycles. The van der Waals surface area contributed by atoms with Crippen LogP contribution in [0, 0.1) is 12.1 Å². The fourth-order valence-corrected chi connectivity index (χ4v) is 2.03. The number of benzene rings is 1. The maximum atomic E-state index is 12.3. The summed E-state index contributed by atoms with van der Waals surface area (Å²) in [5.74, 6) is -0.169. The van der Waals surface area contributed by atoms with E-state index in [9.17, 15) is 9.59 Å². The van der Waals surface area contributed by atoms with Crippen LogP contribution in [0.3, 0.4) is 0 Å². The third-order valence-electron chi connectivity index (χ3n) is 3.15. The minimum Gasteiger partial charge on any atom is -0.497 e. The summed E-state index contributed by atoms with van der Waals surface area (Å²) in [6.07, 6.45) is 0. The Labute approximate surface area is 135 Å². The van der Waals surface area contributed by atoms with E-state index < -0.39 is 5.97 Å². The summed E-state index contributed by atoms with van der Waals surface area (Å²) < 4.78 is 11.6. The van der Waals surface area contributed by atoms with Crippen molar-refractivity contribution >= 4 is 11.9 Å². The number of ether oxygens (including phenoxy) is 2. The van der Waals surface area contributed by atoms with Crippen LogP contribution in [-0.2, 0) is 4.74 Å². The first-order valence-corrected chi connectivity index (χ1v) is 7.08. The van der Waals surface area contributed by atoms with Gasteiger partial charge >= 0.3 is 5.97 Å². The van der Waals surface area contributed by atoms with Crippen LogP contribution in [0.25, 0.3) is 5.69 Å². The molecule has 0 unspecified atom stereocenters. The number of hydrogen-bond donors (Lipinski definition) is 0. The van der Waals surface area contributed by atoms with E-state index in [1.807, 2.05) is 0 Å². The molecule has 1 amide bonds. The Morgan fingerprint density at radius 2 is 1.74 bits per heavy atom. The van der Waals surface area contributed by atoms with Gasteiger partial charge in [0.2, 0.25) is 0 Å². The average molecular weight is 314 g/mol. The molecule has 2 radical (unpaired) electrons. The monoisotopic (exact) mass is 314 g/mol. The van der Waals surface area contributed by atoms with Gasteiger partial charge < -0.3 is 14.4 Å². The van der Waals surface area contributed by atoms with Crippen molar-refractivity contribution in [3.8, 4) is 11.4 Å². The largest absolute Gasteiger partial charge is 0.497 e. The molecular formula is C17H18N2O4. The molecule has 6 heteroatoms. The van der Waals surface area contributed by atoms with E-state index in [0.717, 1.165) is 0 Å². The first-order chi connectivity index (χ1) is 11.0. The molecule has 0 N–H and O–H groups in total. The van der Waals surface area contributed by atoms with Crippen molar-refractivity contribution < 1.29 is 19.1 Å². The van der Waals surface area contributed by atoms with Crippen LogP contribution in [0.5, 0.6) is 5.75 Å². The third kappa shape index (κ3) is 3.36. The van der Waals surface area contributed by atoms with E-state index in [1.165, 1.54) is 9.47 Å². The van der Waals surface area contributed by atoms with Gasteiger partial charge in [-0.05, 0) is 31.2 Å². The predicted molar refractivity (Wildman–Crippen MR) is 84.0 cm³/mol. The number of hydrogen-bond acceptors (Lipinski definition) is 4. The van der Waals surface area contributed by atoms with E-state index in [1.54, 1.807) is 52.4 Å². The summed E-state index contributed by atoms with van der Waals surface area (Å²) >= 11 is 0. The highest BCUT2D eigenvalue weighted by Crippen LogP contribution is 2.21. The van der Waals surface area contributed by atoms with Crippen LogP contribution < -0.4 is 4.74 Å². The second-order valence-electron chi connectivity index (χ2n) is 4.90. The Bertz CT molecular complexity index is 702. The van der Waals surface area contributed by atoms with E-state index in [0.29, 0.717) is 11.4 Å². The van der Waals surface area contributed by atoms with E-state index in [-0.39, 0.29) is 23.9 Å². The first-order valence-electron chi connectivity index (χ1n) is 7.08. The third-order valence-corrected chi connectivity index (χ3v) is 3.15. The Morgan fingerprint density at radius 3 is 2.26 bits per heavy atom. The Balaban J connectivity index is 2.57. The topological polar surface area (TPSA) is 60.8 Å². The number of amides is 1. The van der Waals surface area contributed by atoms with Crippen molar-refractivity contribution in [1.82, 2.24) is 9.47 Å². The minimum atomic E-state index is -0.558. The fraction of sp³-hybridized carbons (Fsp3) is 0.294. The summed E-state index contributed by atoms with van der Waals surface area (Å²) in [6.45, 7) is 1.95. The van der Waals surface area contributed by atoms with E-state index >= 15 is 0 Å². The van der Waals surface area contributed by atoms with Crippen LogP contribution in [-0.4, -0.2) is 49.2 Å². The lowest BCUT2D eigenvalue weighted by Crippen LogP contribution is -2.25. The Morgan fingerprint density at radius 1 is 1.13 bits per heavy atom. The normalized spacial score (nSPS) is 10.3.